The summed E-state index contributed by atoms with van der Waals surface area (Å²) in [5, 5.41) is 6.94. The van der Waals surface area contributed by atoms with Gasteiger partial charge in [0.1, 0.15) is 5.82 Å². The van der Waals surface area contributed by atoms with Gasteiger partial charge in [-0.25, -0.2) is 4.98 Å². The van der Waals surface area contributed by atoms with Crippen LogP contribution in [0.3, 0.4) is 0 Å². The van der Waals surface area contributed by atoms with Crippen LogP contribution in [-0.2, 0) is 11.3 Å². The third-order valence-electron chi connectivity index (χ3n) is 5.74. The molecule has 1 aromatic rings. The van der Waals surface area contributed by atoms with Gasteiger partial charge in [0.25, 0.3) is 0 Å². The number of anilines is 1. The second-order valence-electron chi connectivity index (χ2n) is 7.86. The molecule has 2 aliphatic rings. The van der Waals surface area contributed by atoms with Crippen molar-refractivity contribution in [3.8, 4) is 0 Å². The molecule has 1 saturated carbocycles. The number of nitrogens with zero attached hydrogens (tertiary/aromatic N) is 3. The highest BCUT2D eigenvalue weighted by Gasteiger charge is 2.19. The molecule has 27 heavy (non-hydrogen) atoms. The van der Waals surface area contributed by atoms with Crippen LogP contribution in [-0.4, -0.2) is 50.8 Å². The Labute approximate surface area is 163 Å². The van der Waals surface area contributed by atoms with Crippen LogP contribution in [0.4, 0.5) is 5.82 Å². The smallest absolute Gasteiger partial charge is 0.191 e. The molecule has 1 aromatic heterocycles. The fraction of sp³-hybridized carbons (Fsp3) is 0.714. The van der Waals surface area contributed by atoms with Crippen LogP contribution < -0.4 is 15.5 Å². The number of rotatable bonds is 6. The maximum Gasteiger partial charge on any atom is 0.191 e. The fourth-order valence-electron chi connectivity index (χ4n) is 4.24. The zero-order chi connectivity index (χ0) is 18.9. The van der Waals surface area contributed by atoms with E-state index in [2.05, 4.69) is 38.5 Å². The van der Waals surface area contributed by atoms with Gasteiger partial charge in [0.05, 0.1) is 13.2 Å². The van der Waals surface area contributed by atoms with Crippen LogP contribution in [0.1, 0.15) is 44.6 Å². The summed E-state index contributed by atoms with van der Waals surface area (Å²) in [6, 6.07) is 4.14. The maximum atomic E-state index is 5.46. The molecule has 3 rings (SSSR count). The highest BCUT2D eigenvalue weighted by molar-refractivity contribution is 5.79. The van der Waals surface area contributed by atoms with Gasteiger partial charge in [-0.2, -0.15) is 0 Å². The number of morpholine rings is 1. The van der Waals surface area contributed by atoms with E-state index in [4.69, 9.17) is 4.74 Å². The van der Waals surface area contributed by atoms with E-state index in [9.17, 15) is 0 Å². The summed E-state index contributed by atoms with van der Waals surface area (Å²) in [6.45, 7) is 7.44. The summed E-state index contributed by atoms with van der Waals surface area (Å²) < 4.78 is 5.46. The topological polar surface area (TPSA) is 61.8 Å². The van der Waals surface area contributed by atoms with Crippen LogP contribution in [0.15, 0.2) is 23.3 Å². The predicted octanol–water partition coefficient (Wildman–Crippen LogP) is 2.80. The molecule has 0 radical (unpaired) electrons. The van der Waals surface area contributed by atoms with E-state index in [0.29, 0.717) is 0 Å². The van der Waals surface area contributed by atoms with Crippen molar-refractivity contribution >= 4 is 11.8 Å². The van der Waals surface area contributed by atoms with Gasteiger partial charge in [-0.05, 0) is 30.7 Å². The third-order valence-corrected chi connectivity index (χ3v) is 5.74. The van der Waals surface area contributed by atoms with Crippen molar-refractivity contribution in [1.82, 2.24) is 15.6 Å². The lowest BCUT2D eigenvalue weighted by Gasteiger charge is -2.29. The number of aliphatic imine (C=N–C) groups is 1. The Kier molecular flexibility index (Phi) is 7.75. The molecule has 2 fully saturated rings. The van der Waals surface area contributed by atoms with Crippen LogP contribution >= 0.6 is 0 Å². The molecule has 6 heteroatoms. The Bertz CT molecular complexity index is 600. The Morgan fingerprint density at radius 1 is 1.30 bits per heavy atom. The molecule has 6 nitrogen and oxygen atoms in total. The van der Waals surface area contributed by atoms with E-state index in [1.54, 1.807) is 0 Å². The summed E-state index contributed by atoms with van der Waals surface area (Å²) in [4.78, 5) is 11.3. The highest BCUT2D eigenvalue weighted by Crippen LogP contribution is 2.30. The number of nitrogens with one attached hydrogen (secondary N) is 2. The van der Waals surface area contributed by atoms with Crippen molar-refractivity contribution in [3.05, 3.63) is 23.9 Å². The number of hydrogen-bond donors (Lipinski definition) is 2. The number of pyridine rings is 1. The Hall–Kier alpha value is -1.82. The minimum Gasteiger partial charge on any atom is -0.378 e. The number of guanidine groups is 1. The van der Waals surface area contributed by atoms with Crippen molar-refractivity contribution < 1.29 is 4.74 Å². The van der Waals surface area contributed by atoms with E-state index in [1.165, 1.54) is 37.7 Å². The van der Waals surface area contributed by atoms with Crippen molar-refractivity contribution in [2.75, 3.05) is 44.8 Å². The van der Waals surface area contributed by atoms with Crippen LogP contribution in [0.2, 0.25) is 0 Å². The normalized spacial score (nSPS) is 23.9. The van der Waals surface area contributed by atoms with E-state index >= 15 is 0 Å². The first kappa shape index (κ1) is 19.9. The predicted molar refractivity (Wildman–Crippen MR) is 111 cm³/mol. The molecule has 1 saturated heterocycles. The van der Waals surface area contributed by atoms with Gasteiger partial charge < -0.3 is 20.3 Å². The second kappa shape index (κ2) is 10.5. The van der Waals surface area contributed by atoms with Crippen LogP contribution in [0, 0.1) is 11.8 Å². The molecule has 2 N–H and O–H groups in total. The molecular formula is C21H35N5O. The van der Waals surface area contributed by atoms with Crippen LogP contribution in [0.5, 0.6) is 0 Å². The van der Waals surface area contributed by atoms with E-state index < -0.39 is 0 Å². The molecule has 0 aromatic carbocycles. The van der Waals surface area contributed by atoms with Gasteiger partial charge in [0.2, 0.25) is 0 Å². The summed E-state index contributed by atoms with van der Waals surface area (Å²) in [5.74, 6) is 3.69. The lowest BCUT2D eigenvalue weighted by Crippen LogP contribution is -2.40. The Balaban J connectivity index is 1.46. The summed E-state index contributed by atoms with van der Waals surface area (Å²) >= 11 is 0. The van der Waals surface area contributed by atoms with Gasteiger partial charge >= 0.3 is 0 Å². The lowest BCUT2D eigenvalue weighted by atomic mass is 9.81. The minimum atomic E-state index is 0.723. The van der Waals surface area contributed by atoms with Gasteiger partial charge in [-0.3, -0.25) is 4.99 Å². The van der Waals surface area contributed by atoms with E-state index in [-0.39, 0.29) is 0 Å². The third kappa shape index (κ3) is 6.09. The molecule has 1 aliphatic heterocycles. The lowest BCUT2D eigenvalue weighted by molar-refractivity contribution is 0.122. The monoisotopic (exact) mass is 373 g/mol. The highest BCUT2D eigenvalue weighted by atomic mass is 16.5. The standard InChI is InChI=1S/C21H35N5O/c1-17-5-3-6-18(15-17)8-10-24-21(22-2)25-16-19-7-4-9-23-20(19)26-11-13-27-14-12-26/h4,7,9,17-18H,3,5-6,8,10-16H2,1-2H3,(H2,22,24,25). The van der Waals surface area contributed by atoms with Gasteiger partial charge in [-0.1, -0.05) is 32.3 Å². The molecule has 2 unspecified atom stereocenters. The quantitative estimate of drug-likeness (QED) is 0.593. The molecule has 0 spiro atoms. The van der Waals surface area contributed by atoms with Crippen molar-refractivity contribution in [2.45, 2.75) is 45.6 Å². The number of ether oxygens (including phenoxy) is 1. The van der Waals surface area contributed by atoms with Crippen molar-refractivity contribution in [2.24, 2.45) is 16.8 Å². The Morgan fingerprint density at radius 2 is 2.15 bits per heavy atom. The molecular weight excluding hydrogens is 338 g/mol. The fourth-order valence-corrected chi connectivity index (χ4v) is 4.24. The summed E-state index contributed by atoms with van der Waals surface area (Å²) in [7, 11) is 1.84. The van der Waals surface area contributed by atoms with E-state index in [1.807, 2.05) is 19.3 Å². The van der Waals surface area contributed by atoms with Gasteiger partial charge in [0, 0.05) is 45.0 Å². The molecule has 150 valence electrons. The van der Waals surface area contributed by atoms with Crippen molar-refractivity contribution in [1.29, 1.82) is 0 Å². The van der Waals surface area contributed by atoms with Crippen molar-refractivity contribution in [3.63, 3.8) is 0 Å². The summed E-state index contributed by atoms with van der Waals surface area (Å²) in [6.07, 6.45) is 8.67. The first-order valence-electron chi connectivity index (χ1n) is 10.5. The second-order valence-corrected chi connectivity index (χ2v) is 7.86. The first-order chi connectivity index (χ1) is 13.3. The zero-order valence-corrected chi connectivity index (χ0v) is 16.9. The zero-order valence-electron chi connectivity index (χ0n) is 16.9. The number of hydrogen-bond acceptors (Lipinski definition) is 4. The molecule has 2 atom stereocenters. The molecule has 2 heterocycles. The molecule has 0 bridgehead atoms. The van der Waals surface area contributed by atoms with Crippen LogP contribution in [0.25, 0.3) is 0 Å². The Morgan fingerprint density at radius 3 is 2.93 bits per heavy atom. The van der Waals surface area contributed by atoms with Gasteiger partial charge in [0.15, 0.2) is 5.96 Å². The minimum absolute atomic E-state index is 0.723. The van der Waals surface area contributed by atoms with Gasteiger partial charge in [-0.15, -0.1) is 0 Å². The molecule has 1 aliphatic carbocycles. The maximum absolute atomic E-state index is 5.46. The average molecular weight is 374 g/mol. The number of aromatic nitrogens is 1. The largest absolute Gasteiger partial charge is 0.378 e. The summed E-state index contributed by atoms with van der Waals surface area (Å²) in [5.41, 5.74) is 1.20. The molecule has 0 amide bonds. The SMILES string of the molecule is CN=C(NCCC1CCCC(C)C1)NCc1cccnc1N1CCOCC1. The first-order valence-corrected chi connectivity index (χ1v) is 10.5. The average Bonchev–Trinajstić information content (AvgIpc) is 2.71. The van der Waals surface area contributed by atoms with E-state index in [0.717, 1.165) is 63.0 Å².